The van der Waals surface area contributed by atoms with Crippen molar-refractivity contribution in [2.45, 2.75) is 70.2 Å². The zero-order valence-corrected chi connectivity index (χ0v) is 19.2. The molecule has 6 heteroatoms. The van der Waals surface area contributed by atoms with Gasteiger partial charge in [0.1, 0.15) is 0 Å². The number of hydrogen-bond donors (Lipinski definition) is 3. The number of guanidine groups is 1. The lowest BCUT2D eigenvalue weighted by molar-refractivity contribution is 0.0792. The quantitative estimate of drug-likeness (QED) is 0.461. The van der Waals surface area contributed by atoms with Crippen molar-refractivity contribution in [3.63, 3.8) is 0 Å². The highest BCUT2D eigenvalue weighted by molar-refractivity contribution is 5.80. The molecular formula is C25H41N5O. The summed E-state index contributed by atoms with van der Waals surface area (Å²) in [6, 6.07) is 9.39. The number of benzene rings is 1. The number of rotatable bonds is 7. The molecular weight excluding hydrogens is 386 g/mol. The van der Waals surface area contributed by atoms with Gasteiger partial charge in [-0.25, -0.2) is 0 Å². The van der Waals surface area contributed by atoms with E-state index in [2.05, 4.69) is 49.7 Å². The molecule has 0 spiro atoms. The Hall–Kier alpha value is -1.63. The third-order valence-electron chi connectivity index (χ3n) is 7.27. The lowest BCUT2D eigenvalue weighted by Crippen LogP contribution is -2.44. The molecule has 31 heavy (non-hydrogen) atoms. The van der Waals surface area contributed by atoms with Crippen LogP contribution in [0.3, 0.4) is 0 Å². The SMILES string of the molecule is CN=C(NCc1ccc(CN2CCC(O)CC2)cc1)NC1CCN(CC2CCCC2)C1. The normalized spacial score (nSPS) is 24.7. The zero-order chi connectivity index (χ0) is 21.5. The standard InChI is InChI=1S/C25H41N5O/c1-26-25(28-23-10-13-30(19-23)18-21-4-2-3-5-21)27-16-20-6-8-22(9-7-20)17-29-14-11-24(31)12-15-29/h6-9,21,23-24,31H,2-5,10-19H2,1H3,(H2,26,27,28). The highest BCUT2D eigenvalue weighted by Crippen LogP contribution is 2.26. The fourth-order valence-electron chi connectivity index (χ4n) is 5.35. The highest BCUT2D eigenvalue weighted by Gasteiger charge is 2.26. The third kappa shape index (κ3) is 6.93. The molecule has 1 aliphatic carbocycles. The van der Waals surface area contributed by atoms with Crippen LogP contribution < -0.4 is 10.6 Å². The Labute approximate surface area is 188 Å². The molecule has 0 amide bonds. The molecule has 2 heterocycles. The summed E-state index contributed by atoms with van der Waals surface area (Å²) in [5.41, 5.74) is 2.62. The van der Waals surface area contributed by atoms with E-state index >= 15 is 0 Å². The van der Waals surface area contributed by atoms with Crippen molar-refractivity contribution in [3.8, 4) is 0 Å². The lowest BCUT2D eigenvalue weighted by atomic mass is 10.1. The van der Waals surface area contributed by atoms with Gasteiger partial charge in [0.25, 0.3) is 0 Å². The first-order valence-corrected chi connectivity index (χ1v) is 12.4. The van der Waals surface area contributed by atoms with Gasteiger partial charge >= 0.3 is 0 Å². The van der Waals surface area contributed by atoms with Crippen molar-refractivity contribution in [1.82, 2.24) is 20.4 Å². The number of aliphatic imine (C=N–C) groups is 1. The molecule has 0 radical (unpaired) electrons. The predicted molar refractivity (Wildman–Crippen MR) is 127 cm³/mol. The summed E-state index contributed by atoms with van der Waals surface area (Å²) in [6.45, 7) is 7.38. The molecule has 2 aliphatic heterocycles. The number of likely N-dealkylation sites (tertiary alicyclic amines) is 2. The van der Waals surface area contributed by atoms with E-state index in [1.807, 2.05) is 7.05 Å². The summed E-state index contributed by atoms with van der Waals surface area (Å²) >= 11 is 0. The summed E-state index contributed by atoms with van der Waals surface area (Å²) in [5, 5.41) is 16.8. The van der Waals surface area contributed by atoms with Crippen LogP contribution in [-0.2, 0) is 13.1 Å². The third-order valence-corrected chi connectivity index (χ3v) is 7.27. The van der Waals surface area contributed by atoms with Gasteiger partial charge in [-0.15, -0.1) is 0 Å². The molecule has 0 aromatic heterocycles. The first-order chi connectivity index (χ1) is 15.2. The lowest BCUT2D eigenvalue weighted by Gasteiger charge is -2.29. The Morgan fingerprint density at radius 3 is 2.35 bits per heavy atom. The van der Waals surface area contributed by atoms with E-state index < -0.39 is 0 Å². The Bertz CT molecular complexity index is 692. The molecule has 1 saturated carbocycles. The van der Waals surface area contributed by atoms with E-state index in [1.54, 1.807) is 0 Å². The monoisotopic (exact) mass is 427 g/mol. The van der Waals surface area contributed by atoms with Gasteiger partial charge in [-0.3, -0.25) is 9.89 Å². The molecule has 1 atom stereocenters. The zero-order valence-electron chi connectivity index (χ0n) is 19.2. The summed E-state index contributed by atoms with van der Waals surface area (Å²) in [7, 11) is 1.86. The van der Waals surface area contributed by atoms with Crippen LogP contribution in [0.2, 0.25) is 0 Å². The maximum Gasteiger partial charge on any atom is 0.191 e. The molecule has 0 bridgehead atoms. The molecule has 1 unspecified atom stereocenters. The van der Waals surface area contributed by atoms with Gasteiger partial charge < -0.3 is 20.6 Å². The molecule has 6 nitrogen and oxygen atoms in total. The molecule has 3 fully saturated rings. The van der Waals surface area contributed by atoms with E-state index in [9.17, 15) is 5.11 Å². The number of aliphatic hydroxyl groups excluding tert-OH is 1. The van der Waals surface area contributed by atoms with Crippen LogP contribution in [0.25, 0.3) is 0 Å². The van der Waals surface area contributed by atoms with Crippen LogP contribution >= 0.6 is 0 Å². The van der Waals surface area contributed by atoms with Crippen LogP contribution in [0, 0.1) is 5.92 Å². The van der Waals surface area contributed by atoms with Crippen molar-refractivity contribution < 1.29 is 5.11 Å². The Balaban J connectivity index is 1.17. The minimum atomic E-state index is -0.104. The van der Waals surface area contributed by atoms with Gasteiger partial charge in [0.2, 0.25) is 0 Å². The molecule has 3 N–H and O–H groups in total. The van der Waals surface area contributed by atoms with Crippen molar-refractivity contribution in [2.24, 2.45) is 10.9 Å². The van der Waals surface area contributed by atoms with E-state index in [-0.39, 0.29) is 6.10 Å². The van der Waals surface area contributed by atoms with Crippen molar-refractivity contribution >= 4 is 5.96 Å². The van der Waals surface area contributed by atoms with Crippen LogP contribution in [0.15, 0.2) is 29.3 Å². The summed E-state index contributed by atoms with van der Waals surface area (Å²) < 4.78 is 0. The maximum absolute atomic E-state index is 9.66. The second kappa shape index (κ2) is 11.3. The van der Waals surface area contributed by atoms with Crippen molar-refractivity contribution in [2.75, 3.05) is 39.8 Å². The van der Waals surface area contributed by atoms with E-state index in [0.29, 0.717) is 6.04 Å². The van der Waals surface area contributed by atoms with Gasteiger partial charge in [0.15, 0.2) is 5.96 Å². The smallest absolute Gasteiger partial charge is 0.191 e. The topological polar surface area (TPSA) is 63.1 Å². The fourth-order valence-corrected chi connectivity index (χ4v) is 5.35. The molecule has 1 aromatic rings. The summed E-state index contributed by atoms with van der Waals surface area (Å²) in [6.07, 6.45) is 8.61. The van der Waals surface area contributed by atoms with E-state index in [0.717, 1.165) is 57.4 Å². The number of nitrogens with one attached hydrogen (secondary N) is 2. The van der Waals surface area contributed by atoms with E-state index in [1.165, 1.54) is 56.3 Å². The van der Waals surface area contributed by atoms with E-state index in [4.69, 9.17) is 0 Å². The summed E-state index contributed by atoms with van der Waals surface area (Å²) in [4.78, 5) is 9.52. The first-order valence-electron chi connectivity index (χ1n) is 12.4. The van der Waals surface area contributed by atoms with Crippen LogP contribution in [0.1, 0.15) is 56.1 Å². The van der Waals surface area contributed by atoms with Crippen LogP contribution in [0.4, 0.5) is 0 Å². The maximum atomic E-state index is 9.66. The summed E-state index contributed by atoms with van der Waals surface area (Å²) in [5.74, 6) is 1.84. The molecule has 2 saturated heterocycles. The minimum absolute atomic E-state index is 0.104. The molecule has 4 rings (SSSR count). The van der Waals surface area contributed by atoms with Crippen molar-refractivity contribution in [1.29, 1.82) is 0 Å². The average Bonchev–Trinajstić information content (AvgIpc) is 3.46. The average molecular weight is 428 g/mol. The number of hydrogen-bond acceptors (Lipinski definition) is 4. The second-order valence-electron chi connectivity index (χ2n) is 9.79. The number of aliphatic hydroxyl groups is 1. The van der Waals surface area contributed by atoms with Gasteiger partial charge in [-0.1, -0.05) is 37.1 Å². The number of piperidine rings is 1. The van der Waals surface area contributed by atoms with Gasteiger partial charge in [-0.05, 0) is 49.1 Å². The first kappa shape index (κ1) is 22.6. The molecule has 3 aliphatic rings. The minimum Gasteiger partial charge on any atom is -0.393 e. The predicted octanol–water partition coefficient (Wildman–Crippen LogP) is 2.57. The molecule has 172 valence electrons. The van der Waals surface area contributed by atoms with Gasteiger partial charge in [0.05, 0.1) is 6.10 Å². The number of nitrogens with zero attached hydrogens (tertiary/aromatic N) is 3. The van der Waals surface area contributed by atoms with Crippen LogP contribution in [0.5, 0.6) is 0 Å². The Kier molecular flexibility index (Phi) is 8.22. The fraction of sp³-hybridized carbons (Fsp3) is 0.720. The Morgan fingerprint density at radius 1 is 0.968 bits per heavy atom. The van der Waals surface area contributed by atoms with Gasteiger partial charge in [0, 0.05) is 58.9 Å². The van der Waals surface area contributed by atoms with Crippen LogP contribution in [-0.4, -0.2) is 72.8 Å². The van der Waals surface area contributed by atoms with Gasteiger partial charge in [-0.2, -0.15) is 0 Å². The largest absolute Gasteiger partial charge is 0.393 e. The second-order valence-corrected chi connectivity index (χ2v) is 9.79. The Morgan fingerprint density at radius 2 is 1.65 bits per heavy atom. The van der Waals surface area contributed by atoms with Crippen molar-refractivity contribution in [3.05, 3.63) is 35.4 Å². The molecule has 1 aromatic carbocycles. The highest BCUT2D eigenvalue weighted by atomic mass is 16.3.